The average molecular weight is 348 g/mol. The van der Waals surface area contributed by atoms with Crippen LogP contribution in [-0.4, -0.2) is 64.3 Å². The van der Waals surface area contributed by atoms with Gasteiger partial charge in [-0.05, 0) is 16.3 Å². The van der Waals surface area contributed by atoms with Crippen LogP contribution < -0.4 is 10.6 Å². The van der Waals surface area contributed by atoms with E-state index in [9.17, 15) is 15.3 Å². The van der Waals surface area contributed by atoms with Crippen molar-refractivity contribution < 1.29 is 25.2 Å². The maximum absolute atomic E-state index is 10.1. The van der Waals surface area contributed by atoms with E-state index < -0.39 is 37.3 Å². The minimum atomic E-state index is -1.31. The molecule has 7 nitrogen and oxygen atoms in total. The first kappa shape index (κ1) is 18.2. The lowest BCUT2D eigenvalue weighted by Gasteiger charge is -2.40. The van der Waals surface area contributed by atoms with Crippen molar-refractivity contribution in [2.75, 3.05) is 13.3 Å². The Labute approximate surface area is 145 Å². The number of fused-ring (bicyclic) bond motifs is 1. The quantitative estimate of drug-likeness (QED) is 0.301. The molecule has 0 aromatic heterocycles. The smallest absolute Gasteiger partial charge is 0.173 e. The van der Waals surface area contributed by atoms with E-state index in [-0.39, 0.29) is 0 Å². The summed E-state index contributed by atoms with van der Waals surface area (Å²) < 4.78 is 5.11. The summed E-state index contributed by atoms with van der Waals surface area (Å²) in [6.07, 6.45) is -4.80. The molecule has 6 N–H and O–H groups in total. The summed E-state index contributed by atoms with van der Waals surface area (Å²) in [5.74, 6) is 0. The van der Waals surface area contributed by atoms with Gasteiger partial charge in [0.05, 0.1) is 12.6 Å². The fraction of sp³-hybridized carbons (Fsp3) is 0.444. The van der Waals surface area contributed by atoms with Gasteiger partial charge in [0.2, 0.25) is 0 Å². The van der Waals surface area contributed by atoms with Crippen LogP contribution in [0.15, 0.2) is 42.5 Å². The van der Waals surface area contributed by atoms with E-state index in [1.807, 2.05) is 24.3 Å². The SMILES string of the molecule is OC[C@H]1OC(O)[C@H](NCNCc2cccc3ccccc23)[C@@H](O)[C@H]1O. The number of benzene rings is 2. The summed E-state index contributed by atoms with van der Waals surface area (Å²) in [4.78, 5) is 0. The Morgan fingerprint density at radius 1 is 0.960 bits per heavy atom. The minimum Gasteiger partial charge on any atom is -0.394 e. The van der Waals surface area contributed by atoms with Gasteiger partial charge in [0.1, 0.15) is 18.3 Å². The summed E-state index contributed by atoms with van der Waals surface area (Å²) in [7, 11) is 0. The summed E-state index contributed by atoms with van der Waals surface area (Å²) in [6, 6.07) is 13.4. The zero-order valence-electron chi connectivity index (χ0n) is 13.7. The average Bonchev–Trinajstić information content (AvgIpc) is 2.64. The van der Waals surface area contributed by atoms with Gasteiger partial charge in [-0.15, -0.1) is 0 Å². The highest BCUT2D eigenvalue weighted by Crippen LogP contribution is 2.20. The Kier molecular flexibility index (Phi) is 5.98. The highest BCUT2D eigenvalue weighted by atomic mass is 16.6. The van der Waals surface area contributed by atoms with Crippen LogP contribution in [0.4, 0.5) is 0 Å². The summed E-state index contributed by atoms with van der Waals surface area (Å²) in [5.41, 5.74) is 1.14. The van der Waals surface area contributed by atoms with Crippen molar-refractivity contribution in [3.05, 3.63) is 48.0 Å². The Morgan fingerprint density at radius 3 is 2.52 bits per heavy atom. The number of hydrogen-bond donors (Lipinski definition) is 6. The van der Waals surface area contributed by atoms with Gasteiger partial charge in [-0.1, -0.05) is 42.5 Å². The van der Waals surface area contributed by atoms with E-state index in [1.165, 1.54) is 10.8 Å². The minimum absolute atomic E-state index is 0.307. The molecule has 1 fully saturated rings. The van der Waals surface area contributed by atoms with Gasteiger partial charge >= 0.3 is 0 Å². The van der Waals surface area contributed by atoms with Crippen molar-refractivity contribution in [1.82, 2.24) is 10.6 Å². The van der Waals surface area contributed by atoms with Gasteiger partial charge in [0.15, 0.2) is 6.29 Å². The largest absolute Gasteiger partial charge is 0.394 e. The van der Waals surface area contributed by atoms with Gasteiger partial charge in [-0.2, -0.15) is 0 Å². The molecule has 0 saturated carbocycles. The first-order chi connectivity index (χ1) is 12.1. The molecule has 1 unspecified atom stereocenters. The molecule has 3 rings (SSSR count). The second kappa shape index (κ2) is 8.20. The molecule has 25 heavy (non-hydrogen) atoms. The van der Waals surface area contributed by atoms with E-state index >= 15 is 0 Å². The van der Waals surface area contributed by atoms with Crippen molar-refractivity contribution >= 4 is 10.8 Å². The third kappa shape index (κ3) is 3.99. The molecule has 0 bridgehead atoms. The standard InChI is InChI=1S/C18H24N2O5/c21-9-14-16(22)17(23)15(18(24)25-14)20-10-19-8-12-6-3-5-11-4-1-2-7-13(11)12/h1-7,14-24H,8-10H2/t14-,15-,16+,17-,18?/m1/s1. The molecule has 1 aliphatic heterocycles. The lowest BCUT2D eigenvalue weighted by molar-refractivity contribution is -0.254. The predicted octanol–water partition coefficient (Wildman–Crippen LogP) is -0.724. The van der Waals surface area contributed by atoms with Gasteiger partial charge in [-0.25, -0.2) is 0 Å². The van der Waals surface area contributed by atoms with Crippen molar-refractivity contribution in [3.8, 4) is 0 Å². The lowest BCUT2D eigenvalue weighted by Crippen LogP contribution is -2.64. The normalized spacial score (nSPS) is 29.8. The molecule has 7 heteroatoms. The molecule has 1 heterocycles. The maximum atomic E-state index is 10.1. The Hall–Kier alpha value is -1.58. The maximum Gasteiger partial charge on any atom is 0.173 e. The van der Waals surface area contributed by atoms with Crippen LogP contribution in [0.2, 0.25) is 0 Å². The van der Waals surface area contributed by atoms with E-state index in [0.29, 0.717) is 13.2 Å². The monoisotopic (exact) mass is 348 g/mol. The Balaban J connectivity index is 1.54. The van der Waals surface area contributed by atoms with Crippen molar-refractivity contribution in [3.63, 3.8) is 0 Å². The fourth-order valence-electron chi connectivity index (χ4n) is 3.15. The number of hydrogen-bond acceptors (Lipinski definition) is 7. The zero-order valence-corrected chi connectivity index (χ0v) is 13.7. The number of aliphatic hydroxyl groups excluding tert-OH is 4. The van der Waals surface area contributed by atoms with Crippen LogP contribution in [0, 0.1) is 0 Å². The van der Waals surface area contributed by atoms with Gasteiger partial charge < -0.3 is 30.5 Å². The summed E-state index contributed by atoms with van der Waals surface area (Å²) in [6.45, 7) is 0.444. The highest BCUT2D eigenvalue weighted by Gasteiger charge is 2.43. The number of aliphatic hydroxyl groups is 4. The molecule has 5 atom stereocenters. The van der Waals surface area contributed by atoms with E-state index in [4.69, 9.17) is 9.84 Å². The molecule has 2 aromatic carbocycles. The van der Waals surface area contributed by atoms with Gasteiger partial charge in [-0.3, -0.25) is 5.32 Å². The number of rotatable bonds is 6. The van der Waals surface area contributed by atoms with Gasteiger partial charge in [0, 0.05) is 13.2 Å². The van der Waals surface area contributed by atoms with Gasteiger partial charge in [0.25, 0.3) is 0 Å². The van der Waals surface area contributed by atoms with Crippen LogP contribution >= 0.6 is 0 Å². The summed E-state index contributed by atoms with van der Waals surface area (Å²) >= 11 is 0. The number of nitrogens with one attached hydrogen (secondary N) is 2. The first-order valence-electron chi connectivity index (χ1n) is 8.33. The zero-order chi connectivity index (χ0) is 17.8. The lowest BCUT2D eigenvalue weighted by atomic mass is 9.97. The topological polar surface area (TPSA) is 114 Å². The molecular formula is C18H24N2O5. The van der Waals surface area contributed by atoms with E-state index in [0.717, 1.165) is 5.56 Å². The molecule has 0 amide bonds. The molecule has 0 spiro atoms. The molecule has 0 radical (unpaired) electrons. The van der Waals surface area contributed by atoms with Crippen LogP contribution in [0.25, 0.3) is 10.8 Å². The molecular weight excluding hydrogens is 324 g/mol. The second-order valence-corrected chi connectivity index (χ2v) is 6.20. The molecule has 1 aliphatic rings. The van der Waals surface area contributed by atoms with Crippen LogP contribution in [-0.2, 0) is 11.3 Å². The summed E-state index contributed by atoms with van der Waals surface area (Å²) in [5, 5.41) is 47.4. The molecule has 136 valence electrons. The Morgan fingerprint density at radius 2 is 1.72 bits per heavy atom. The predicted molar refractivity (Wildman–Crippen MR) is 92.6 cm³/mol. The Bertz CT molecular complexity index is 693. The van der Waals surface area contributed by atoms with Crippen molar-refractivity contribution in [2.24, 2.45) is 0 Å². The molecule has 1 saturated heterocycles. The number of ether oxygens (including phenoxy) is 1. The highest BCUT2D eigenvalue weighted by molar-refractivity contribution is 5.85. The first-order valence-corrected chi connectivity index (χ1v) is 8.33. The third-order valence-corrected chi connectivity index (χ3v) is 4.56. The van der Waals surface area contributed by atoms with E-state index in [1.54, 1.807) is 0 Å². The van der Waals surface area contributed by atoms with Crippen LogP contribution in [0.1, 0.15) is 5.56 Å². The van der Waals surface area contributed by atoms with Crippen LogP contribution in [0.3, 0.4) is 0 Å². The molecule has 0 aliphatic carbocycles. The van der Waals surface area contributed by atoms with Crippen molar-refractivity contribution in [2.45, 2.75) is 37.2 Å². The molecule has 2 aromatic rings. The van der Waals surface area contributed by atoms with E-state index in [2.05, 4.69) is 28.8 Å². The fourth-order valence-corrected chi connectivity index (χ4v) is 3.15. The second-order valence-electron chi connectivity index (χ2n) is 6.20. The van der Waals surface area contributed by atoms with Crippen molar-refractivity contribution in [1.29, 1.82) is 0 Å². The van der Waals surface area contributed by atoms with Crippen LogP contribution in [0.5, 0.6) is 0 Å². The third-order valence-electron chi connectivity index (χ3n) is 4.56.